The topological polar surface area (TPSA) is 114 Å². The second-order valence-electron chi connectivity index (χ2n) is 7.05. The molecule has 0 saturated carbocycles. The van der Waals surface area contributed by atoms with E-state index < -0.39 is 0 Å². The summed E-state index contributed by atoms with van der Waals surface area (Å²) in [5.41, 5.74) is 4.38. The van der Waals surface area contributed by atoms with Gasteiger partial charge in [-0.3, -0.25) is 14.6 Å². The molecule has 0 aliphatic rings. The van der Waals surface area contributed by atoms with Crippen molar-refractivity contribution >= 4 is 29.0 Å². The van der Waals surface area contributed by atoms with Crippen LogP contribution >= 0.6 is 0 Å². The summed E-state index contributed by atoms with van der Waals surface area (Å²) < 4.78 is 1.67. The van der Waals surface area contributed by atoms with Gasteiger partial charge in [0.1, 0.15) is 6.33 Å². The minimum Gasteiger partial charge on any atom is -0.326 e. The normalized spacial score (nSPS) is 10.8. The third kappa shape index (κ3) is 4.55. The molecule has 4 aromatic rings. The smallest absolute Gasteiger partial charge is 0.255 e. The zero-order valence-electron chi connectivity index (χ0n) is 17.2. The molecule has 0 bridgehead atoms. The number of nitrogens with one attached hydrogen (secondary N) is 2. The van der Waals surface area contributed by atoms with Gasteiger partial charge in [-0.15, -0.1) is 0 Å². The lowest BCUT2D eigenvalue weighted by molar-refractivity contribution is -0.116. The van der Waals surface area contributed by atoms with Gasteiger partial charge < -0.3 is 10.6 Å². The van der Waals surface area contributed by atoms with Crippen LogP contribution in [0.25, 0.3) is 5.78 Å². The van der Waals surface area contributed by atoms with Crippen molar-refractivity contribution < 1.29 is 9.59 Å². The van der Waals surface area contributed by atoms with Gasteiger partial charge in [0.25, 0.3) is 11.7 Å². The average molecular weight is 415 g/mol. The van der Waals surface area contributed by atoms with Crippen LogP contribution in [0.2, 0.25) is 0 Å². The number of hydrogen-bond acceptors (Lipinski definition) is 6. The molecule has 1 aromatic carbocycles. The van der Waals surface area contributed by atoms with E-state index in [4.69, 9.17) is 0 Å². The van der Waals surface area contributed by atoms with E-state index in [1.54, 1.807) is 53.3 Å². The summed E-state index contributed by atoms with van der Waals surface area (Å²) in [5, 5.41) is 9.83. The Hall–Kier alpha value is -4.14. The van der Waals surface area contributed by atoms with E-state index in [1.165, 1.54) is 6.33 Å². The molecule has 0 aliphatic heterocycles. The molecule has 3 aromatic heterocycles. The molecule has 31 heavy (non-hydrogen) atoms. The molecular weight excluding hydrogens is 394 g/mol. The average Bonchev–Trinajstić information content (AvgIpc) is 3.23. The number of amides is 2. The molecule has 3 heterocycles. The molecule has 0 fully saturated rings. The quantitative estimate of drug-likeness (QED) is 0.500. The first-order valence-corrected chi connectivity index (χ1v) is 9.78. The van der Waals surface area contributed by atoms with Crippen molar-refractivity contribution in [2.75, 3.05) is 10.6 Å². The lowest BCUT2D eigenvalue weighted by Gasteiger charge is -2.11. The Morgan fingerprint density at radius 2 is 1.84 bits per heavy atom. The third-order valence-electron chi connectivity index (χ3n) is 4.94. The Labute approximate surface area is 178 Å². The SMILES string of the molecule is Cc1nc2ncnn2c(C)c1CCC(=O)Nc1cccc(C(=O)Nc2ccncc2)c1. The van der Waals surface area contributed by atoms with E-state index in [0.29, 0.717) is 29.1 Å². The van der Waals surface area contributed by atoms with Crippen LogP contribution in [0.1, 0.15) is 33.7 Å². The molecule has 9 heteroatoms. The minimum atomic E-state index is -0.263. The fourth-order valence-electron chi connectivity index (χ4n) is 3.36. The van der Waals surface area contributed by atoms with Crippen LogP contribution in [0, 0.1) is 13.8 Å². The predicted octanol–water partition coefficient (Wildman–Crippen LogP) is 2.96. The summed E-state index contributed by atoms with van der Waals surface area (Å²) in [5.74, 6) is 0.134. The van der Waals surface area contributed by atoms with E-state index in [0.717, 1.165) is 17.0 Å². The van der Waals surface area contributed by atoms with Crippen molar-refractivity contribution in [1.29, 1.82) is 0 Å². The number of aryl methyl sites for hydroxylation is 2. The van der Waals surface area contributed by atoms with Crippen LogP contribution in [-0.2, 0) is 11.2 Å². The lowest BCUT2D eigenvalue weighted by Crippen LogP contribution is -2.16. The predicted molar refractivity (Wildman–Crippen MR) is 116 cm³/mol. The number of nitrogens with zero attached hydrogens (tertiary/aromatic N) is 5. The van der Waals surface area contributed by atoms with Gasteiger partial charge in [0.2, 0.25) is 5.91 Å². The summed E-state index contributed by atoms with van der Waals surface area (Å²) >= 11 is 0. The van der Waals surface area contributed by atoms with Crippen molar-refractivity contribution in [3.8, 4) is 0 Å². The van der Waals surface area contributed by atoms with Crippen LogP contribution in [-0.4, -0.2) is 36.4 Å². The maximum Gasteiger partial charge on any atom is 0.255 e. The number of carbonyl (C=O) groups excluding carboxylic acids is 2. The minimum absolute atomic E-state index is 0.149. The number of hydrogen-bond donors (Lipinski definition) is 2. The summed E-state index contributed by atoms with van der Waals surface area (Å²) in [7, 11) is 0. The third-order valence-corrected chi connectivity index (χ3v) is 4.94. The molecule has 156 valence electrons. The van der Waals surface area contributed by atoms with Crippen LogP contribution in [0.5, 0.6) is 0 Å². The molecule has 0 aliphatic carbocycles. The van der Waals surface area contributed by atoms with Gasteiger partial charge in [0.15, 0.2) is 0 Å². The summed E-state index contributed by atoms with van der Waals surface area (Å²) in [4.78, 5) is 37.4. The number of rotatable bonds is 6. The number of carbonyl (C=O) groups is 2. The zero-order valence-corrected chi connectivity index (χ0v) is 17.2. The van der Waals surface area contributed by atoms with E-state index in [1.807, 2.05) is 13.8 Å². The highest BCUT2D eigenvalue weighted by Crippen LogP contribution is 2.17. The highest BCUT2D eigenvalue weighted by molar-refractivity contribution is 6.05. The highest BCUT2D eigenvalue weighted by atomic mass is 16.2. The molecule has 0 atom stereocenters. The molecule has 0 spiro atoms. The van der Waals surface area contributed by atoms with Crippen LogP contribution in [0.15, 0.2) is 55.1 Å². The fraction of sp³-hybridized carbons (Fsp3) is 0.182. The van der Waals surface area contributed by atoms with Crippen LogP contribution < -0.4 is 10.6 Å². The first-order chi connectivity index (χ1) is 15.0. The second kappa shape index (κ2) is 8.70. The molecule has 0 radical (unpaired) electrons. The van der Waals surface area contributed by atoms with Gasteiger partial charge in [0.05, 0.1) is 0 Å². The van der Waals surface area contributed by atoms with E-state index in [9.17, 15) is 9.59 Å². The van der Waals surface area contributed by atoms with Crippen molar-refractivity contribution in [2.24, 2.45) is 0 Å². The monoisotopic (exact) mass is 415 g/mol. The Balaban J connectivity index is 1.40. The van der Waals surface area contributed by atoms with Gasteiger partial charge in [-0.05, 0) is 56.2 Å². The Bertz CT molecular complexity index is 1250. The van der Waals surface area contributed by atoms with Gasteiger partial charge >= 0.3 is 0 Å². The Morgan fingerprint density at radius 1 is 1.03 bits per heavy atom. The fourth-order valence-corrected chi connectivity index (χ4v) is 3.36. The molecule has 2 amide bonds. The molecule has 0 unspecified atom stereocenters. The van der Waals surface area contributed by atoms with Crippen LogP contribution in [0.3, 0.4) is 0 Å². The zero-order chi connectivity index (χ0) is 21.8. The Morgan fingerprint density at radius 3 is 2.65 bits per heavy atom. The van der Waals surface area contributed by atoms with Gasteiger partial charge in [-0.25, -0.2) is 9.50 Å². The first-order valence-electron chi connectivity index (χ1n) is 9.78. The molecule has 4 rings (SSSR count). The van der Waals surface area contributed by atoms with Crippen molar-refractivity contribution in [3.63, 3.8) is 0 Å². The summed E-state index contributed by atoms with van der Waals surface area (Å²) in [6, 6.07) is 10.2. The molecular formula is C22H21N7O2. The van der Waals surface area contributed by atoms with E-state index in [2.05, 4.69) is 30.7 Å². The van der Waals surface area contributed by atoms with Gasteiger partial charge in [-0.1, -0.05) is 6.07 Å². The van der Waals surface area contributed by atoms with Crippen LogP contribution in [0.4, 0.5) is 11.4 Å². The maximum absolute atomic E-state index is 12.5. The van der Waals surface area contributed by atoms with Crippen molar-refractivity contribution in [3.05, 3.63) is 77.6 Å². The number of aromatic nitrogens is 5. The maximum atomic E-state index is 12.5. The van der Waals surface area contributed by atoms with Gasteiger partial charge in [0, 0.05) is 47.1 Å². The summed E-state index contributed by atoms with van der Waals surface area (Å²) in [6.07, 6.45) is 5.46. The molecule has 0 saturated heterocycles. The lowest BCUT2D eigenvalue weighted by atomic mass is 10.1. The standard InChI is InChI=1S/C22H21N7O2/c1-14-19(15(2)29-22(26-14)24-13-25-29)6-7-20(30)27-18-5-3-4-16(12-18)21(31)28-17-8-10-23-11-9-17/h3-5,8-13H,6-7H2,1-2H3,(H,27,30)(H,23,28,31). The number of fused-ring (bicyclic) bond motifs is 1. The molecule has 2 N–H and O–H groups in total. The number of pyridine rings is 1. The largest absolute Gasteiger partial charge is 0.326 e. The number of anilines is 2. The van der Waals surface area contributed by atoms with Gasteiger partial charge in [-0.2, -0.15) is 10.1 Å². The number of benzene rings is 1. The molecule has 9 nitrogen and oxygen atoms in total. The summed E-state index contributed by atoms with van der Waals surface area (Å²) in [6.45, 7) is 3.84. The van der Waals surface area contributed by atoms with E-state index in [-0.39, 0.29) is 18.2 Å². The Kier molecular flexibility index (Phi) is 5.65. The first kappa shape index (κ1) is 20.1. The second-order valence-corrected chi connectivity index (χ2v) is 7.05. The highest BCUT2D eigenvalue weighted by Gasteiger charge is 2.13. The van der Waals surface area contributed by atoms with Crippen molar-refractivity contribution in [2.45, 2.75) is 26.7 Å². The van der Waals surface area contributed by atoms with Crippen molar-refractivity contribution in [1.82, 2.24) is 24.6 Å². The van der Waals surface area contributed by atoms with E-state index >= 15 is 0 Å².